The van der Waals surface area contributed by atoms with Crippen LogP contribution in [0.25, 0.3) is 0 Å². The van der Waals surface area contributed by atoms with Crippen LogP contribution in [0.15, 0.2) is 0 Å². The Bertz CT molecular complexity index is 297. The standard InChI is InChI=1S/C12H22N2O3S2/c1-9(3-2-4-11(15)16)14-12(17)13-7-10-8-18-5-6-19-10/h9-10H,2-8H2,1H3,(H,15,16)(H2,13,14,17). The monoisotopic (exact) mass is 306 g/mol. The van der Waals surface area contributed by atoms with Gasteiger partial charge in [-0.15, -0.1) is 0 Å². The summed E-state index contributed by atoms with van der Waals surface area (Å²) in [6.45, 7) is 2.60. The molecule has 0 spiro atoms. The summed E-state index contributed by atoms with van der Waals surface area (Å²) in [5.74, 6) is 2.67. The van der Waals surface area contributed by atoms with Crippen LogP contribution in [-0.4, -0.2) is 52.2 Å². The molecule has 2 unspecified atom stereocenters. The Morgan fingerprint density at radius 2 is 2.21 bits per heavy atom. The first kappa shape index (κ1) is 16.5. The maximum atomic E-state index is 11.6. The number of thioether (sulfide) groups is 2. The lowest BCUT2D eigenvalue weighted by Gasteiger charge is -2.22. The van der Waals surface area contributed by atoms with E-state index in [4.69, 9.17) is 5.11 Å². The fourth-order valence-corrected chi connectivity index (χ4v) is 4.38. The fraction of sp³-hybridized carbons (Fsp3) is 0.833. The second-order valence-electron chi connectivity index (χ2n) is 4.61. The molecule has 1 aliphatic heterocycles. The molecule has 7 heteroatoms. The zero-order valence-corrected chi connectivity index (χ0v) is 12.8. The van der Waals surface area contributed by atoms with Gasteiger partial charge in [0.25, 0.3) is 0 Å². The van der Waals surface area contributed by atoms with Crippen molar-refractivity contribution in [1.82, 2.24) is 10.6 Å². The van der Waals surface area contributed by atoms with E-state index in [0.29, 0.717) is 24.6 Å². The highest BCUT2D eigenvalue weighted by Crippen LogP contribution is 2.23. The number of urea groups is 1. The van der Waals surface area contributed by atoms with Crippen LogP contribution in [0.3, 0.4) is 0 Å². The molecule has 1 heterocycles. The molecule has 19 heavy (non-hydrogen) atoms. The van der Waals surface area contributed by atoms with Crippen LogP contribution in [0.4, 0.5) is 4.79 Å². The van der Waals surface area contributed by atoms with E-state index in [2.05, 4.69) is 10.6 Å². The Morgan fingerprint density at radius 1 is 1.42 bits per heavy atom. The average molecular weight is 306 g/mol. The van der Waals surface area contributed by atoms with Crippen molar-refractivity contribution in [2.45, 2.75) is 37.5 Å². The summed E-state index contributed by atoms with van der Waals surface area (Å²) in [5.41, 5.74) is 0. The minimum Gasteiger partial charge on any atom is -0.481 e. The third-order valence-electron chi connectivity index (χ3n) is 2.78. The summed E-state index contributed by atoms with van der Waals surface area (Å²) in [7, 11) is 0. The highest BCUT2D eigenvalue weighted by molar-refractivity contribution is 8.06. The van der Waals surface area contributed by atoms with E-state index < -0.39 is 5.97 Å². The fourth-order valence-electron chi connectivity index (χ4n) is 1.77. The number of carbonyl (C=O) groups excluding carboxylic acids is 1. The van der Waals surface area contributed by atoms with E-state index in [9.17, 15) is 9.59 Å². The molecule has 5 nitrogen and oxygen atoms in total. The molecule has 0 aromatic rings. The molecule has 1 rings (SSSR count). The smallest absolute Gasteiger partial charge is 0.315 e. The van der Waals surface area contributed by atoms with Crippen LogP contribution in [0.2, 0.25) is 0 Å². The van der Waals surface area contributed by atoms with E-state index in [1.54, 1.807) is 0 Å². The lowest BCUT2D eigenvalue weighted by molar-refractivity contribution is -0.137. The molecule has 0 bridgehead atoms. The van der Waals surface area contributed by atoms with Crippen molar-refractivity contribution >= 4 is 35.5 Å². The molecule has 0 aromatic carbocycles. The van der Waals surface area contributed by atoms with Crippen molar-refractivity contribution in [2.75, 3.05) is 23.8 Å². The largest absolute Gasteiger partial charge is 0.481 e. The van der Waals surface area contributed by atoms with Crippen molar-refractivity contribution in [3.8, 4) is 0 Å². The highest BCUT2D eigenvalue weighted by Gasteiger charge is 2.15. The summed E-state index contributed by atoms with van der Waals surface area (Å²) >= 11 is 3.85. The maximum absolute atomic E-state index is 11.6. The molecule has 110 valence electrons. The van der Waals surface area contributed by atoms with E-state index in [-0.39, 0.29) is 18.5 Å². The molecule has 0 aliphatic carbocycles. The molecule has 2 atom stereocenters. The predicted molar refractivity (Wildman–Crippen MR) is 81.1 cm³/mol. The van der Waals surface area contributed by atoms with Gasteiger partial charge in [-0.25, -0.2) is 4.79 Å². The zero-order valence-electron chi connectivity index (χ0n) is 11.2. The summed E-state index contributed by atoms with van der Waals surface area (Å²) in [4.78, 5) is 22.0. The van der Waals surface area contributed by atoms with Crippen LogP contribution < -0.4 is 10.6 Å². The molecule has 1 aliphatic rings. The number of hydrogen-bond donors (Lipinski definition) is 3. The number of aliphatic carboxylic acids is 1. The summed E-state index contributed by atoms with van der Waals surface area (Å²) in [6, 6.07) is -0.147. The molecule has 2 amide bonds. The number of hydrogen-bond acceptors (Lipinski definition) is 4. The Morgan fingerprint density at radius 3 is 2.84 bits per heavy atom. The van der Waals surface area contributed by atoms with Gasteiger partial charge in [-0.05, 0) is 19.8 Å². The van der Waals surface area contributed by atoms with Gasteiger partial charge in [-0.3, -0.25) is 4.79 Å². The Labute approximate surface area is 122 Å². The number of carboxylic acid groups (broad SMARTS) is 1. The number of carboxylic acids is 1. The molecule has 1 saturated heterocycles. The topological polar surface area (TPSA) is 78.4 Å². The number of nitrogens with one attached hydrogen (secondary N) is 2. The molecule has 3 N–H and O–H groups in total. The van der Waals surface area contributed by atoms with E-state index >= 15 is 0 Å². The quantitative estimate of drug-likeness (QED) is 0.668. The zero-order chi connectivity index (χ0) is 14.1. The van der Waals surface area contributed by atoms with E-state index in [1.165, 1.54) is 5.75 Å². The number of rotatable bonds is 7. The summed E-state index contributed by atoms with van der Waals surface area (Å²) in [5, 5.41) is 14.8. The number of carbonyl (C=O) groups is 2. The van der Waals surface area contributed by atoms with Crippen LogP contribution in [0.5, 0.6) is 0 Å². The highest BCUT2D eigenvalue weighted by atomic mass is 32.2. The first-order chi connectivity index (χ1) is 9.08. The van der Waals surface area contributed by atoms with Crippen molar-refractivity contribution in [3.05, 3.63) is 0 Å². The lowest BCUT2D eigenvalue weighted by Crippen LogP contribution is -2.43. The third-order valence-corrected chi connectivity index (χ3v) is 5.63. The van der Waals surface area contributed by atoms with Gasteiger partial charge >= 0.3 is 12.0 Å². The van der Waals surface area contributed by atoms with Crippen LogP contribution in [-0.2, 0) is 4.79 Å². The normalized spacial score (nSPS) is 20.6. The lowest BCUT2D eigenvalue weighted by atomic mass is 10.1. The van der Waals surface area contributed by atoms with Crippen LogP contribution in [0.1, 0.15) is 26.2 Å². The van der Waals surface area contributed by atoms with Crippen molar-refractivity contribution in [3.63, 3.8) is 0 Å². The minimum atomic E-state index is -0.788. The van der Waals surface area contributed by atoms with Gasteiger partial charge in [0.1, 0.15) is 0 Å². The number of amides is 2. The minimum absolute atomic E-state index is 0.00716. The predicted octanol–water partition coefficient (Wildman–Crippen LogP) is 1.78. The van der Waals surface area contributed by atoms with Gasteiger partial charge in [-0.2, -0.15) is 23.5 Å². The first-order valence-corrected chi connectivity index (χ1v) is 8.73. The Balaban J connectivity index is 2.07. The third kappa shape index (κ3) is 8.26. The van der Waals surface area contributed by atoms with Gasteiger partial charge in [0.05, 0.1) is 0 Å². The van der Waals surface area contributed by atoms with E-state index in [0.717, 1.165) is 11.5 Å². The second-order valence-corrected chi connectivity index (χ2v) is 7.17. The molecule has 0 saturated carbocycles. The van der Waals surface area contributed by atoms with Crippen molar-refractivity contribution in [1.29, 1.82) is 0 Å². The van der Waals surface area contributed by atoms with Crippen LogP contribution in [0, 0.1) is 0 Å². The molecular weight excluding hydrogens is 284 g/mol. The van der Waals surface area contributed by atoms with Crippen molar-refractivity contribution in [2.24, 2.45) is 0 Å². The van der Waals surface area contributed by atoms with Gasteiger partial charge in [0.2, 0.25) is 0 Å². The maximum Gasteiger partial charge on any atom is 0.315 e. The summed E-state index contributed by atoms with van der Waals surface area (Å²) < 4.78 is 0. The van der Waals surface area contributed by atoms with Crippen LogP contribution >= 0.6 is 23.5 Å². The van der Waals surface area contributed by atoms with Gasteiger partial charge < -0.3 is 15.7 Å². The second kappa shape index (κ2) is 9.36. The Hall–Kier alpha value is -0.560. The SMILES string of the molecule is CC(CCCC(=O)O)NC(=O)NCC1CSCCS1. The van der Waals surface area contributed by atoms with Gasteiger partial charge in [-0.1, -0.05) is 0 Å². The average Bonchev–Trinajstić information content (AvgIpc) is 2.37. The molecular formula is C12H22N2O3S2. The van der Waals surface area contributed by atoms with Crippen molar-refractivity contribution < 1.29 is 14.7 Å². The van der Waals surface area contributed by atoms with Gasteiger partial charge in [0.15, 0.2) is 0 Å². The molecule has 0 radical (unpaired) electrons. The molecule has 1 fully saturated rings. The van der Waals surface area contributed by atoms with E-state index in [1.807, 2.05) is 30.4 Å². The van der Waals surface area contributed by atoms with Gasteiger partial charge in [0, 0.05) is 41.5 Å². The summed E-state index contributed by atoms with van der Waals surface area (Å²) in [6.07, 6.45) is 1.43. The Kier molecular flexibility index (Phi) is 8.13. The first-order valence-electron chi connectivity index (χ1n) is 6.53. The molecule has 0 aromatic heterocycles.